The van der Waals surface area contributed by atoms with Crippen molar-refractivity contribution in [2.75, 3.05) is 37.4 Å². The van der Waals surface area contributed by atoms with Gasteiger partial charge in [-0.25, -0.2) is 13.1 Å². The highest BCUT2D eigenvalue weighted by Gasteiger charge is 2.20. The van der Waals surface area contributed by atoms with Crippen molar-refractivity contribution < 1.29 is 13.2 Å². The molecule has 7 heteroatoms. The Kier molecular flexibility index (Phi) is 3.98. The van der Waals surface area contributed by atoms with Gasteiger partial charge in [-0.1, -0.05) is 0 Å². The highest BCUT2D eigenvalue weighted by atomic mass is 32.2. The molecule has 1 aromatic rings. The van der Waals surface area contributed by atoms with E-state index < -0.39 is 10.0 Å². The maximum absolute atomic E-state index is 11.7. The summed E-state index contributed by atoms with van der Waals surface area (Å²) in [6.07, 6.45) is 0.163. The number of morpholine rings is 1. The third kappa shape index (κ3) is 2.99. The Balaban J connectivity index is 2.29. The van der Waals surface area contributed by atoms with Gasteiger partial charge in [0, 0.05) is 18.8 Å². The van der Waals surface area contributed by atoms with Crippen LogP contribution in [0.15, 0.2) is 23.1 Å². The largest absolute Gasteiger partial charge is 0.398 e. The van der Waals surface area contributed by atoms with Crippen LogP contribution in [0.25, 0.3) is 0 Å². The highest BCUT2D eigenvalue weighted by Crippen LogP contribution is 2.25. The van der Waals surface area contributed by atoms with E-state index in [-0.39, 0.29) is 16.7 Å². The fourth-order valence-corrected chi connectivity index (χ4v) is 2.98. The average molecular weight is 285 g/mol. The average Bonchev–Trinajstić information content (AvgIpc) is 2.38. The monoisotopic (exact) mass is 285 g/mol. The number of hydrogen-bond acceptors (Lipinski definition) is 5. The highest BCUT2D eigenvalue weighted by molar-refractivity contribution is 7.89. The molecule has 3 N–H and O–H groups in total. The Hall–Kier alpha value is -1.31. The molecule has 106 valence electrons. The van der Waals surface area contributed by atoms with E-state index in [9.17, 15) is 8.42 Å². The molecule has 1 fully saturated rings. The first-order valence-electron chi connectivity index (χ1n) is 6.13. The summed E-state index contributed by atoms with van der Waals surface area (Å²) in [5.74, 6) is 0. The lowest BCUT2D eigenvalue weighted by Gasteiger charge is -2.33. The number of rotatable bonds is 3. The molecule has 0 bridgehead atoms. The minimum atomic E-state index is -3.51. The molecule has 0 radical (unpaired) electrons. The van der Waals surface area contributed by atoms with Crippen molar-refractivity contribution in [3.8, 4) is 0 Å². The van der Waals surface area contributed by atoms with Crippen LogP contribution in [0.4, 0.5) is 11.4 Å². The third-order valence-electron chi connectivity index (χ3n) is 3.16. The SMILES string of the molecule is CNS(=O)(=O)c1ccc(N2CCOC(C)C2)cc1N. The molecule has 6 nitrogen and oxygen atoms in total. The summed E-state index contributed by atoms with van der Waals surface area (Å²) in [5.41, 5.74) is 7.02. The molecule has 19 heavy (non-hydrogen) atoms. The zero-order valence-electron chi connectivity index (χ0n) is 11.1. The van der Waals surface area contributed by atoms with Gasteiger partial charge < -0.3 is 15.4 Å². The summed E-state index contributed by atoms with van der Waals surface area (Å²) in [5, 5.41) is 0. The minimum absolute atomic E-state index is 0.111. The van der Waals surface area contributed by atoms with E-state index in [0.717, 1.165) is 18.8 Å². The van der Waals surface area contributed by atoms with E-state index in [1.165, 1.54) is 13.1 Å². The standard InChI is InChI=1S/C12H19N3O3S/c1-9-8-15(5-6-18-9)10-3-4-12(11(13)7-10)19(16,17)14-2/h3-4,7,9,14H,5-6,8,13H2,1-2H3. The zero-order chi connectivity index (χ0) is 14.0. The van der Waals surface area contributed by atoms with Gasteiger partial charge in [-0.2, -0.15) is 0 Å². The Morgan fingerprint density at radius 2 is 2.21 bits per heavy atom. The molecule has 2 rings (SSSR count). The first-order valence-corrected chi connectivity index (χ1v) is 7.62. The van der Waals surface area contributed by atoms with Crippen LogP contribution in [0.1, 0.15) is 6.92 Å². The smallest absolute Gasteiger partial charge is 0.242 e. The van der Waals surface area contributed by atoms with Crippen molar-refractivity contribution in [1.29, 1.82) is 0 Å². The maximum Gasteiger partial charge on any atom is 0.242 e. The number of nitrogens with one attached hydrogen (secondary N) is 1. The number of nitrogens with zero attached hydrogens (tertiary/aromatic N) is 1. The van der Waals surface area contributed by atoms with Crippen LogP contribution < -0.4 is 15.4 Å². The van der Waals surface area contributed by atoms with Gasteiger partial charge in [0.1, 0.15) is 4.90 Å². The van der Waals surface area contributed by atoms with Crippen LogP contribution in [0.5, 0.6) is 0 Å². The summed E-state index contributed by atoms with van der Waals surface area (Å²) in [6, 6.07) is 5.01. The van der Waals surface area contributed by atoms with E-state index in [2.05, 4.69) is 9.62 Å². The number of nitrogens with two attached hydrogens (primary N) is 1. The van der Waals surface area contributed by atoms with Crippen LogP contribution in [0.2, 0.25) is 0 Å². The van der Waals surface area contributed by atoms with Crippen molar-refractivity contribution >= 4 is 21.4 Å². The van der Waals surface area contributed by atoms with E-state index in [4.69, 9.17) is 10.5 Å². The number of benzene rings is 1. The molecule has 1 heterocycles. The molecule has 1 unspecified atom stereocenters. The molecule has 0 aromatic heterocycles. The molecule has 0 amide bonds. The Bertz CT molecular complexity index is 559. The van der Waals surface area contributed by atoms with E-state index in [1.807, 2.05) is 6.92 Å². The summed E-state index contributed by atoms with van der Waals surface area (Å²) < 4.78 is 31.2. The molecule has 0 saturated carbocycles. The van der Waals surface area contributed by atoms with E-state index in [0.29, 0.717) is 6.61 Å². The van der Waals surface area contributed by atoms with Crippen molar-refractivity contribution in [2.24, 2.45) is 0 Å². The van der Waals surface area contributed by atoms with Gasteiger partial charge in [0.25, 0.3) is 0 Å². The lowest BCUT2D eigenvalue weighted by Crippen LogP contribution is -2.41. The predicted octanol–water partition coefficient (Wildman–Crippen LogP) is 0.402. The molecule has 0 spiro atoms. The Labute approximate surface area is 113 Å². The zero-order valence-corrected chi connectivity index (χ0v) is 11.9. The summed E-state index contributed by atoms with van der Waals surface area (Å²) >= 11 is 0. The van der Waals surface area contributed by atoms with Crippen molar-refractivity contribution in [1.82, 2.24) is 4.72 Å². The number of hydrogen-bond donors (Lipinski definition) is 2. The second-order valence-corrected chi connectivity index (χ2v) is 6.41. The van der Waals surface area contributed by atoms with Crippen LogP contribution in [0, 0.1) is 0 Å². The molecule has 0 aliphatic carbocycles. The van der Waals surface area contributed by atoms with Crippen molar-refractivity contribution in [2.45, 2.75) is 17.9 Å². The van der Waals surface area contributed by atoms with Gasteiger partial charge in [-0.15, -0.1) is 0 Å². The third-order valence-corrected chi connectivity index (χ3v) is 4.65. The fourth-order valence-electron chi connectivity index (χ4n) is 2.14. The second kappa shape index (κ2) is 5.36. The normalized spacial score (nSPS) is 20.5. The van der Waals surface area contributed by atoms with Gasteiger partial charge in [0.05, 0.1) is 18.4 Å². The molecular weight excluding hydrogens is 266 g/mol. The predicted molar refractivity (Wildman–Crippen MR) is 74.7 cm³/mol. The number of ether oxygens (including phenoxy) is 1. The summed E-state index contributed by atoms with van der Waals surface area (Å²) in [7, 11) is -2.14. The van der Waals surface area contributed by atoms with Crippen LogP contribution in [0.3, 0.4) is 0 Å². The van der Waals surface area contributed by atoms with Crippen LogP contribution in [-0.2, 0) is 14.8 Å². The number of anilines is 2. The Morgan fingerprint density at radius 1 is 1.47 bits per heavy atom. The van der Waals surface area contributed by atoms with E-state index in [1.54, 1.807) is 12.1 Å². The lowest BCUT2D eigenvalue weighted by atomic mass is 10.2. The van der Waals surface area contributed by atoms with Gasteiger partial charge in [0.15, 0.2) is 0 Å². The summed E-state index contributed by atoms with van der Waals surface area (Å²) in [4.78, 5) is 2.25. The summed E-state index contributed by atoms with van der Waals surface area (Å²) in [6.45, 7) is 4.23. The van der Waals surface area contributed by atoms with Crippen molar-refractivity contribution in [3.05, 3.63) is 18.2 Å². The minimum Gasteiger partial charge on any atom is -0.398 e. The Morgan fingerprint density at radius 3 is 2.79 bits per heavy atom. The van der Waals surface area contributed by atoms with E-state index >= 15 is 0 Å². The van der Waals surface area contributed by atoms with Gasteiger partial charge in [-0.3, -0.25) is 0 Å². The fraction of sp³-hybridized carbons (Fsp3) is 0.500. The van der Waals surface area contributed by atoms with Gasteiger partial charge >= 0.3 is 0 Å². The molecular formula is C12H19N3O3S. The van der Waals surface area contributed by atoms with Crippen LogP contribution in [-0.4, -0.2) is 41.3 Å². The molecule has 1 aliphatic rings. The molecule has 1 saturated heterocycles. The molecule has 1 atom stereocenters. The first-order chi connectivity index (χ1) is 8.94. The van der Waals surface area contributed by atoms with Crippen molar-refractivity contribution in [3.63, 3.8) is 0 Å². The van der Waals surface area contributed by atoms with Crippen LogP contribution >= 0.6 is 0 Å². The van der Waals surface area contributed by atoms with Gasteiger partial charge in [-0.05, 0) is 32.2 Å². The molecule has 1 aromatic carbocycles. The van der Waals surface area contributed by atoms with Gasteiger partial charge in [0.2, 0.25) is 10.0 Å². The topological polar surface area (TPSA) is 84.7 Å². The quantitative estimate of drug-likeness (QED) is 0.785. The maximum atomic E-state index is 11.7. The number of nitrogen functional groups attached to an aromatic ring is 1. The molecule has 1 aliphatic heterocycles. The number of sulfonamides is 1. The second-order valence-electron chi connectivity index (χ2n) is 4.56. The first kappa shape index (κ1) is 14.1. The lowest BCUT2D eigenvalue weighted by molar-refractivity contribution is 0.0532.